The van der Waals surface area contributed by atoms with Crippen LogP contribution in [0.2, 0.25) is 0 Å². The fourth-order valence-corrected chi connectivity index (χ4v) is 12.0. The van der Waals surface area contributed by atoms with E-state index < -0.39 is 197 Å². The Morgan fingerprint density at radius 2 is 0.969 bits per heavy atom. The maximum Gasteiger partial charge on any atom is 0.246 e. The van der Waals surface area contributed by atoms with Gasteiger partial charge in [0, 0.05) is 30.1 Å². The molecule has 3 saturated heterocycles. The van der Waals surface area contributed by atoms with Crippen LogP contribution in [0, 0.1) is 23.2 Å². The molecule has 34 heteroatoms. The molecule has 0 radical (unpaired) electrons. The molecule has 3 fully saturated rings. The first-order chi connectivity index (χ1) is 45.6. The molecular formula is C63H111N17O15S2. The third kappa shape index (κ3) is 25.3. The van der Waals surface area contributed by atoms with Crippen LogP contribution in [0.4, 0.5) is 0 Å². The van der Waals surface area contributed by atoms with Gasteiger partial charge in [-0.05, 0) is 108 Å². The molecule has 13 amide bonds. The molecule has 0 saturated carbocycles. The standard InChI is InChI=1S/C63H111N17O15S2/c1-13-33(4)45-55(90)74-41(32-96)53(88)73-39(30-81)51(86)69-37(21-17-25-67-61(65)66)50(85)72-40(31-82)52(87)71-38(28-62(7,8)9)59(94)80-27-19-23-43(80)60(95)79-26-18-22-42(79)54(89)76-47(35(6)15-3)57(92)78-48(63(10,11)97-12)58(93)77-46(34(5)14-2)56(91)70-36(20-16-24-64)49(84)68-29-44(83)75-45/h33-43,45-48,81-82,96H,13-32,64H2,1-12H3,(H,68,84)(H,69,86)(H,70,91)(H,71,87)(H,72,85)(H,73,88)(H,74,90)(H,75,83)(H,76,89)(H,77,93)(H,78,92)(H4,65,66,67)/t33-,34-,35-,36-,37-,38-,39-,40-,41-,42-,43-,45-,46-,47-,48+/m0/s1. The van der Waals surface area contributed by atoms with Crippen LogP contribution < -0.4 is 75.7 Å². The molecule has 0 aliphatic carbocycles. The Balaban J connectivity index is 2.21. The number of thioether (sulfide) groups is 1. The number of rotatable bonds is 19. The van der Waals surface area contributed by atoms with E-state index >= 15 is 0 Å². The van der Waals surface area contributed by atoms with Gasteiger partial charge in [0.1, 0.15) is 72.5 Å². The van der Waals surface area contributed by atoms with Crippen molar-refractivity contribution in [2.75, 3.05) is 57.9 Å². The first-order valence-corrected chi connectivity index (χ1v) is 35.5. The van der Waals surface area contributed by atoms with Gasteiger partial charge in [0.15, 0.2) is 5.96 Å². The van der Waals surface area contributed by atoms with Gasteiger partial charge in [0.2, 0.25) is 76.8 Å². The molecule has 0 aromatic heterocycles. The van der Waals surface area contributed by atoms with Crippen LogP contribution >= 0.6 is 24.4 Å². The summed E-state index contributed by atoms with van der Waals surface area (Å²) in [4.78, 5) is 193. The summed E-state index contributed by atoms with van der Waals surface area (Å²) in [5.74, 6) is -13.2. The Labute approximate surface area is 579 Å². The lowest BCUT2D eigenvalue weighted by Crippen LogP contribution is -2.64. The van der Waals surface area contributed by atoms with E-state index in [1.54, 1.807) is 54.7 Å². The number of carbonyl (C=O) groups is 13. The third-order valence-corrected chi connectivity index (χ3v) is 19.7. The van der Waals surface area contributed by atoms with Crippen LogP contribution in [0.1, 0.15) is 153 Å². The fraction of sp³-hybridized carbons (Fsp3) is 0.778. The average molecular weight is 1410 g/mol. The summed E-state index contributed by atoms with van der Waals surface area (Å²) in [6.07, 6.45) is 3.99. The van der Waals surface area contributed by atoms with E-state index in [-0.39, 0.29) is 82.8 Å². The van der Waals surface area contributed by atoms with Gasteiger partial charge in [-0.3, -0.25) is 67.3 Å². The minimum atomic E-state index is -1.78. The van der Waals surface area contributed by atoms with E-state index in [1.807, 2.05) is 27.7 Å². The Bertz CT molecular complexity index is 2770. The van der Waals surface area contributed by atoms with Crippen molar-refractivity contribution in [2.24, 2.45) is 45.4 Å². The van der Waals surface area contributed by atoms with Crippen LogP contribution in [0.5, 0.6) is 0 Å². The van der Waals surface area contributed by atoms with Gasteiger partial charge >= 0.3 is 0 Å². The molecular weight excluding hydrogens is 1300 g/mol. The van der Waals surface area contributed by atoms with Gasteiger partial charge in [0.25, 0.3) is 0 Å². The summed E-state index contributed by atoms with van der Waals surface area (Å²) in [6, 6.07) is -16.6. The zero-order valence-corrected chi connectivity index (χ0v) is 60.1. The number of fused-ring (bicyclic) bond motifs is 2. The number of hydrogen-bond acceptors (Lipinski definition) is 19. The Morgan fingerprint density at radius 1 is 0.546 bits per heavy atom. The van der Waals surface area contributed by atoms with Gasteiger partial charge in [-0.25, -0.2) is 0 Å². The molecule has 550 valence electrons. The van der Waals surface area contributed by atoms with Crippen molar-refractivity contribution in [2.45, 2.75) is 230 Å². The topological polar surface area (TPSA) is 492 Å². The maximum atomic E-state index is 14.9. The maximum absolute atomic E-state index is 14.9. The monoisotopic (exact) mass is 1410 g/mol. The molecule has 0 aromatic rings. The molecule has 0 bridgehead atoms. The third-order valence-electron chi connectivity index (χ3n) is 18.0. The number of aliphatic imine (C=N–C) groups is 1. The Hall–Kier alpha value is -7.04. The number of thiol groups is 1. The fourth-order valence-electron chi connectivity index (χ4n) is 11.4. The summed E-state index contributed by atoms with van der Waals surface area (Å²) in [5.41, 5.74) is 16.2. The van der Waals surface area contributed by atoms with E-state index in [9.17, 15) is 72.5 Å². The lowest BCUT2D eigenvalue weighted by atomic mass is 9.87. The van der Waals surface area contributed by atoms with Crippen molar-refractivity contribution >= 4 is 107 Å². The van der Waals surface area contributed by atoms with E-state index in [4.69, 9.17) is 17.2 Å². The van der Waals surface area contributed by atoms with Crippen LogP contribution in [0.15, 0.2) is 4.99 Å². The molecule has 15 atom stereocenters. The van der Waals surface area contributed by atoms with Crippen molar-refractivity contribution in [3.8, 4) is 0 Å². The lowest BCUT2D eigenvalue weighted by molar-refractivity contribution is -0.148. The van der Waals surface area contributed by atoms with Gasteiger partial charge in [-0.2, -0.15) is 24.4 Å². The largest absolute Gasteiger partial charge is 0.394 e. The minimum absolute atomic E-state index is 0.000260. The molecule has 3 heterocycles. The van der Waals surface area contributed by atoms with Crippen LogP contribution in [-0.4, -0.2) is 238 Å². The molecule has 19 N–H and O–H groups in total. The highest BCUT2D eigenvalue weighted by molar-refractivity contribution is 8.00. The SMILES string of the molecule is CC[C@H](C)[C@@H]1NC(=O)CNC(=O)[C@H](CCCN)NC(=O)[C@H]([C@@H](C)CC)NC(=O)[C@H](C(C)(C)SC)NC(=O)[C@H]([C@@H](C)CC)NC(=O)[C@@H]2CCCN2C(=O)[C@@H]2CCCN2C(=O)[C@H](CC(C)(C)C)NC(=O)[C@H](CO)NC(=O)[C@H](CCCN=C(N)N)NC(=O)[C@H](CO)NC(=O)[C@H](CS)NC1=O. The average Bonchev–Trinajstić information content (AvgIpc) is 1.76. The Kier molecular flexibility index (Phi) is 34.8. The second kappa shape index (κ2) is 40.1. The molecule has 3 aliphatic rings. The molecule has 3 rings (SSSR count). The van der Waals surface area contributed by atoms with Crippen LogP contribution in [-0.2, 0) is 62.3 Å². The number of nitrogens with one attached hydrogen (secondary N) is 11. The predicted molar refractivity (Wildman–Crippen MR) is 368 cm³/mol. The second-order valence-electron chi connectivity index (χ2n) is 27.1. The molecule has 97 heavy (non-hydrogen) atoms. The first kappa shape index (κ1) is 84.2. The molecule has 0 spiro atoms. The highest BCUT2D eigenvalue weighted by atomic mass is 32.2. The van der Waals surface area contributed by atoms with Crippen molar-refractivity contribution in [1.82, 2.24) is 68.3 Å². The number of nitrogens with two attached hydrogens (primary N) is 3. The van der Waals surface area contributed by atoms with Crippen molar-refractivity contribution in [3.05, 3.63) is 0 Å². The number of carbonyl (C=O) groups excluding carboxylic acids is 13. The van der Waals surface area contributed by atoms with Gasteiger partial charge in [-0.1, -0.05) is 81.6 Å². The smallest absolute Gasteiger partial charge is 0.246 e. The van der Waals surface area contributed by atoms with Gasteiger partial charge in [-0.15, -0.1) is 0 Å². The lowest BCUT2D eigenvalue weighted by Gasteiger charge is -2.36. The van der Waals surface area contributed by atoms with Crippen LogP contribution in [0.3, 0.4) is 0 Å². The quantitative estimate of drug-likeness (QED) is 0.0257. The van der Waals surface area contributed by atoms with Crippen molar-refractivity contribution in [1.29, 1.82) is 0 Å². The number of guanidine groups is 1. The number of hydrogen-bond donors (Lipinski definition) is 17. The van der Waals surface area contributed by atoms with Crippen LogP contribution in [0.25, 0.3) is 0 Å². The second-order valence-corrected chi connectivity index (χ2v) is 28.9. The summed E-state index contributed by atoms with van der Waals surface area (Å²) in [7, 11) is 0. The number of aliphatic hydroxyl groups is 2. The van der Waals surface area contributed by atoms with E-state index in [2.05, 4.69) is 76.1 Å². The van der Waals surface area contributed by atoms with E-state index in [0.29, 0.717) is 32.1 Å². The normalized spacial score (nSPS) is 27.9. The summed E-state index contributed by atoms with van der Waals surface area (Å²) in [5, 5.41) is 49.9. The van der Waals surface area contributed by atoms with Gasteiger partial charge in [0.05, 0.1) is 19.8 Å². The zero-order valence-electron chi connectivity index (χ0n) is 58.4. The highest BCUT2D eigenvalue weighted by Gasteiger charge is 2.47. The molecule has 0 unspecified atom stereocenters. The summed E-state index contributed by atoms with van der Waals surface area (Å²) >= 11 is 5.50. The summed E-state index contributed by atoms with van der Waals surface area (Å²) in [6.45, 7) is 16.8. The Morgan fingerprint density at radius 3 is 1.45 bits per heavy atom. The summed E-state index contributed by atoms with van der Waals surface area (Å²) < 4.78 is -1.05. The number of nitrogens with zero attached hydrogens (tertiary/aromatic N) is 3. The number of aliphatic hydroxyl groups excluding tert-OH is 2. The van der Waals surface area contributed by atoms with E-state index in [0.717, 1.165) is 0 Å². The van der Waals surface area contributed by atoms with E-state index in [1.165, 1.54) is 21.6 Å². The number of amides is 13. The highest BCUT2D eigenvalue weighted by Crippen LogP contribution is 2.30. The van der Waals surface area contributed by atoms with Crippen molar-refractivity contribution in [3.63, 3.8) is 0 Å². The zero-order chi connectivity index (χ0) is 73.2. The first-order valence-electron chi connectivity index (χ1n) is 33.6. The molecule has 0 aromatic carbocycles. The van der Waals surface area contributed by atoms with Crippen molar-refractivity contribution < 1.29 is 72.5 Å². The molecule has 3 aliphatic heterocycles. The van der Waals surface area contributed by atoms with Gasteiger partial charge < -0.3 is 95.7 Å². The molecule has 32 nitrogen and oxygen atoms in total. The predicted octanol–water partition coefficient (Wildman–Crippen LogP) is -3.63. The minimum Gasteiger partial charge on any atom is -0.394 e.